The number of pyridine rings is 1. The summed E-state index contributed by atoms with van der Waals surface area (Å²) in [5.41, 5.74) is 1.68. The molecule has 0 saturated heterocycles. The molecule has 3 nitrogen and oxygen atoms in total. The highest BCUT2D eigenvalue weighted by atomic mass is 19.1. The first-order chi connectivity index (χ1) is 13.2. The van der Waals surface area contributed by atoms with Crippen molar-refractivity contribution in [2.45, 2.75) is 44.1 Å². The van der Waals surface area contributed by atoms with Crippen LogP contribution in [0, 0.1) is 5.82 Å². The Kier molecular flexibility index (Phi) is 4.88. The largest absolute Gasteiger partial charge is 0.346 e. The minimum Gasteiger partial charge on any atom is -0.346 e. The molecule has 1 fully saturated rings. The molecular weight excluding hydrogens is 339 g/mol. The molecular formula is C23H23FN2O. The van der Waals surface area contributed by atoms with Gasteiger partial charge in [-0.3, -0.25) is 9.78 Å². The molecule has 1 saturated carbocycles. The molecule has 0 unspecified atom stereocenters. The number of para-hydroxylation sites is 1. The molecule has 4 heteroatoms. The monoisotopic (exact) mass is 362 g/mol. The number of benzene rings is 2. The number of amides is 1. The third-order valence-corrected chi connectivity index (χ3v) is 5.53. The second kappa shape index (κ2) is 7.47. The van der Waals surface area contributed by atoms with Crippen molar-refractivity contribution >= 4 is 16.8 Å². The number of rotatable bonds is 4. The van der Waals surface area contributed by atoms with Gasteiger partial charge in [0.1, 0.15) is 5.82 Å². The molecule has 0 aliphatic heterocycles. The maximum Gasteiger partial charge on any atom is 0.253 e. The first kappa shape index (κ1) is 17.7. The summed E-state index contributed by atoms with van der Waals surface area (Å²) in [6.07, 6.45) is 7.13. The predicted molar refractivity (Wildman–Crippen MR) is 105 cm³/mol. The maximum atomic E-state index is 14.2. The van der Waals surface area contributed by atoms with E-state index in [2.05, 4.69) is 10.3 Å². The zero-order valence-electron chi connectivity index (χ0n) is 15.2. The van der Waals surface area contributed by atoms with Crippen molar-refractivity contribution in [1.82, 2.24) is 10.3 Å². The smallest absolute Gasteiger partial charge is 0.253 e. The Morgan fingerprint density at radius 2 is 1.78 bits per heavy atom. The van der Waals surface area contributed by atoms with Gasteiger partial charge in [-0.1, -0.05) is 55.7 Å². The van der Waals surface area contributed by atoms with E-state index in [1.54, 1.807) is 12.3 Å². The number of halogens is 1. The Morgan fingerprint density at radius 1 is 1.04 bits per heavy atom. The Labute approximate surface area is 158 Å². The fourth-order valence-electron chi connectivity index (χ4n) is 4.09. The van der Waals surface area contributed by atoms with Gasteiger partial charge in [0.25, 0.3) is 5.91 Å². The summed E-state index contributed by atoms with van der Waals surface area (Å²) in [7, 11) is 0. The van der Waals surface area contributed by atoms with Crippen molar-refractivity contribution in [3.8, 4) is 0 Å². The summed E-state index contributed by atoms with van der Waals surface area (Å²) >= 11 is 0. The molecule has 0 bridgehead atoms. The molecule has 0 spiro atoms. The molecule has 2 aromatic carbocycles. The van der Waals surface area contributed by atoms with E-state index in [1.165, 1.54) is 6.07 Å². The Balaban J connectivity index is 1.60. The lowest BCUT2D eigenvalue weighted by Crippen LogP contribution is -2.51. The lowest BCUT2D eigenvalue weighted by atomic mass is 9.77. The summed E-state index contributed by atoms with van der Waals surface area (Å²) in [6.45, 7) is 0. The molecule has 3 aromatic rings. The van der Waals surface area contributed by atoms with Crippen LogP contribution < -0.4 is 5.32 Å². The highest BCUT2D eigenvalue weighted by Crippen LogP contribution is 2.32. The summed E-state index contributed by atoms with van der Waals surface area (Å²) in [5.74, 6) is -0.337. The van der Waals surface area contributed by atoms with E-state index in [4.69, 9.17) is 0 Å². The lowest BCUT2D eigenvalue weighted by molar-refractivity contribution is 0.0867. The van der Waals surface area contributed by atoms with Gasteiger partial charge in [0.05, 0.1) is 11.1 Å². The number of nitrogens with zero attached hydrogens (tertiary/aromatic N) is 1. The summed E-state index contributed by atoms with van der Waals surface area (Å²) in [5, 5.41) is 4.19. The average Bonchev–Trinajstić information content (AvgIpc) is 2.70. The van der Waals surface area contributed by atoms with Crippen LogP contribution in [0.5, 0.6) is 0 Å². The van der Waals surface area contributed by atoms with Crippen molar-refractivity contribution in [2.24, 2.45) is 0 Å². The minimum absolute atomic E-state index is 0.133. The van der Waals surface area contributed by atoms with Gasteiger partial charge in [0, 0.05) is 17.1 Å². The fourth-order valence-corrected chi connectivity index (χ4v) is 4.09. The summed E-state index contributed by atoms with van der Waals surface area (Å²) in [6, 6.07) is 16.5. The van der Waals surface area contributed by atoms with E-state index in [0.29, 0.717) is 17.5 Å². The zero-order valence-corrected chi connectivity index (χ0v) is 15.2. The van der Waals surface area contributed by atoms with Crippen molar-refractivity contribution in [1.29, 1.82) is 0 Å². The van der Waals surface area contributed by atoms with E-state index >= 15 is 0 Å². The third kappa shape index (κ3) is 3.85. The van der Waals surface area contributed by atoms with Crippen LogP contribution in [0.3, 0.4) is 0 Å². The molecule has 1 N–H and O–H groups in total. The number of nitrogens with one attached hydrogen (secondary N) is 1. The van der Waals surface area contributed by atoms with Gasteiger partial charge in [-0.05, 0) is 43.0 Å². The van der Waals surface area contributed by atoms with E-state index < -0.39 is 5.54 Å². The van der Waals surface area contributed by atoms with Gasteiger partial charge in [-0.25, -0.2) is 4.39 Å². The SMILES string of the molecule is O=C(NC1(Cc2ccccc2F)CCCCC1)c1cnc2ccccc2c1. The first-order valence-electron chi connectivity index (χ1n) is 9.56. The molecule has 1 aliphatic rings. The summed E-state index contributed by atoms with van der Waals surface area (Å²) < 4.78 is 14.2. The van der Waals surface area contributed by atoms with Crippen LogP contribution in [0.2, 0.25) is 0 Å². The molecule has 1 amide bonds. The van der Waals surface area contributed by atoms with Crippen LogP contribution in [0.25, 0.3) is 10.9 Å². The van der Waals surface area contributed by atoms with Crippen LogP contribution in [0.15, 0.2) is 60.8 Å². The first-order valence-corrected chi connectivity index (χ1v) is 9.56. The molecule has 1 aliphatic carbocycles. The van der Waals surface area contributed by atoms with Crippen LogP contribution in [0.4, 0.5) is 4.39 Å². The molecule has 0 radical (unpaired) electrons. The van der Waals surface area contributed by atoms with Crippen molar-refractivity contribution in [2.75, 3.05) is 0 Å². The van der Waals surface area contributed by atoms with Crippen LogP contribution in [0.1, 0.15) is 48.0 Å². The molecule has 1 heterocycles. The molecule has 1 aromatic heterocycles. The quantitative estimate of drug-likeness (QED) is 0.706. The number of carbonyl (C=O) groups excluding carboxylic acids is 1. The van der Waals surface area contributed by atoms with Gasteiger partial charge in [0.15, 0.2) is 0 Å². The third-order valence-electron chi connectivity index (χ3n) is 5.53. The average molecular weight is 362 g/mol. The van der Waals surface area contributed by atoms with E-state index in [1.807, 2.05) is 42.5 Å². The number of aromatic nitrogens is 1. The highest BCUT2D eigenvalue weighted by molar-refractivity contribution is 5.97. The number of hydrogen-bond acceptors (Lipinski definition) is 2. The second-order valence-corrected chi connectivity index (χ2v) is 7.48. The Morgan fingerprint density at radius 3 is 2.59 bits per heavy atom. The van der Waals surface area contributed by atoms with Crippen LogP contribution >= 0.6 is 0 Å². The lowest BCUT2D eigenvalue weighted by Gasteiger charge is -2.38. The van der Waals surface area contributed by atoms with Crippen LogP contribution in [-0.2, 0) is 6.42 Å². The molecule has 4 rings (SSSR count). The molecule has 0 atom stereocenters. The predicted octanol–water partition coefficient (Wildman–Crippen LogP) is 5.05. The van der Waals surface area contributed by atoms with E-state index in [9.17, 15) is 9.18 Å². The van der Waals surface area contributed by atoms with E-state index in [-0.39, 0.29) is 11.7 Å². The van der Waals surface area contributed by atoms with Gasteiger partial charge in [-0.15, -0.1) is 0 Å². The van der Waals surface area contributed by atoms with Gasteiger partial charge in [-0.2, -0.15) is 0 Å². The van der Waals surface area contributed by atoms with Crippen molar-refractivity contribution < 1.29 is 9.18 Å². The number of carbonyl (C=O) groups is 1. The molecule has 27 heavy (non-hydrogen) atoms. The Bertz CT molecular complexity index is 963. The second-order valence-electron chi connectivity index (χ2n) is 7.48. The molecule has 138 valence electrons. The van der Waals surface area contributed by atoms with Gasteiger partial charge in [0.2, 0.25) is 0 Å². The Hall–Kier alpha value is -2.75. The highest BCUT2D eigenvalue weighted by Gasteiger charge is 2.34. The fraction of sp³-hybridized carbons (Fsp3) is 0.304. The zero-order chi connectivity index (χ0) is 18.7. The van der Waals surface area contributed by atoms with Gasteiger partial charge < -0.3 is 5.32 Å². The van der Waals surface area contributed by atoms with Crippen LogP contribution in [-0.4, -0.2) is 16.4 Å². The topological polar surface area (TPSA) is 42.0 Å². The summed E-state index contributed by atoms with van der Waals surface area (Å²) in [4.78, 5) is 17.4. The van der Waals surface area contributed by atoms with E-state index in [0.717, 1.165) is 43.0 Å². The normalized spacial score (nSPS) is 16.2. The van der Waals surface area contributed by atoms with Gasteiger partial charge >= 0.3 is 0 Å². The van der Waals surface area contributed by atoms with Crippen molar-refractivity contribution in [3.05, 3.63) is 77.7 Å². The van der Waals surface area contributed by atoms with Crippen molar-refractivity contribution in [3.63, 3.8) is 0 Å². The standard InChI is InChI=1S/C23H23FN2O/c24-20-10-4-2-9-18(20)15-23(12-6-1-7-13-23)26-22(27)19-14-17-8-3-5-11-21(17)25-16-19/h2-5,8-11,14,16H,1,6-7,12-13,15H2,(H,26,27). The maximum absolute atomic E-state index is 14.2. The minimum atomic E-state index is -0.400. The number of hydrogen-bond donors (Lipinski definition) is 1. The number of fused-ring (bicyclic) bond motifs is 1.